The molecule has 17 heavy (non-hydrogen) atoms. The molecule has 0 heterocycles. The second kappa shape index (κ2) is 4.52. The zero-order valence-electron chi connectivity index (χ0n) is 10.1. The Morgan fingerprint density at radius 1 is 1.18 bits per heavy atom. The van der Waals surface area contributed by atoms with E-state index in [1.807, 2.05) is 0 Å². The van der Waals surface area contributed by atoms with E-state index in [0.29, 0.717) is 0 Å². The molecule has 1 aromatic carbocycles. The molecule has 0 bridgehead atoms. The predicted molar refractivity (Wildman–Crippen MR) is 64.5 cm³/mol. The molecular formula is C12H14BrF3O. The Morgan fingerprint density at radius 3 is 2.12 bits per heavy atom. The summed E-state index contributed by atoms with van der Waals surface area (Å²) in [5, 5.41) is 0. The van der Waals surface area contributed by atoms with Crippen molar-refractivity contribution in [2.75, 3.05) is 7.11 Å². The number of aryl methyl sites for hydroxylation is 1. The molecule has 0 aliphatic heterocycles. The number of alkyl halides is 3. The molecule has 0 atom stereocenters. The number of rotatable bonds is 2. The normalized spacial score (nSPS) is 12.7. The Kier molecular flexibility index (Phi) is 3.81. The van der Waals surface area contributed by atoms with E-state index in [-0.39, 0.29) is 11.3 Å². The quantitative estimate of drug-likeness (QED) is 0.775. The van der Waals surface area contributed by atoms with Gasteiger partial charge in [-0.15, -0.1) is 0 Å². The topological polar surface area (TPSA) is 9.23 Å². The summed E-state index contributed by atoms with van der Waals surface area (Å²) >= 11 is 3.28. The maximum atomic E-state index is 13.0. The summed E-state index contributed by atoms with van der Waals surface area (Å²) in [6, 6.07) is 3.08. The second-order valence-corrected chi connectivity index (χ2v) is 5.28. The molecule has 0 unspecified atom stereocenters. The van der Waals surface area contributed by atoms with Crippen LogP contribution in [0.1, 0.15) is 25.0 Å². The summed E-state index contributed by atoms with van der Waals surface area (Å²) in [6.45, 7) is 4.05. The summed E-state index contributed by atoms with van der Waals surface area (Å²) in [5.74, 6) is 0.241. The SMILES string of the molecule is COc1cc(Br)c(C)cc1C(C)(C)C(F)(F)F. The van der Waals surface area contributed by atoms with Crippen LogP contribution in [0.25, 0.3) is 0 Å². The van der Waals surface area contributed by atoms with Gasteiger partial charge in [-0.1, -0.05) is 22.0 Å². The lowest BCUT2D eigenvalue weighted by atomic mass is 9.82. The predicted octanol–water partition coefficient (Wildman–Crippen LogP) is 4.61. The van der Waals surface area contributed by atoms with Crippen LogP contribution in [0.15, 0.2) is 16.6 Å². The monoisotopic (exact) mass is 310 g/mol. The minimum Gasteiger partial charge on any atom is -0.496 e. The lowest BCUT2D eigenvalue weighted by Crippen LogP contribution is -2.36. The van der Waals surface area contributed by atoms with Crippen molar-refractivity contribution >= 4 is 15.9 Å². The van der Waals surface area contributed by atoms with E-state index in [2.05, 4.69) is 15.9 Å². The van der Waals surface area contributed by atoms with Crippen LogP contribution in [0.3, 0.4) is 0 Å². The molecule has 0 saturated carbocycles. The molecule has 0 aliphatic carbocycles. The highest BCUT2D eigenvalue weighted by atomic mass is 79.9. The largest absolute Gasteiger partial charge is 0.496 e. The van der Waals surface area contributed by atoms with Crippen LogP contribution in [0, 0.1) is 6.92 Å². The van der Waals surface area contributed by atoms with Gasteiger partial charge in [0.25, 0.3) is 0 Å². The molecule has 0 aromatic heterocycles. The standard InChI is InChI=1S/C12H14BrF3O/c1-7-5-8(10(17-4)6-9(7)13)11(2,3)12(14,15)16/h5-6H,1-4H3. The third-order valence-corrected chi connectivity index (χ3v) is 3.72. The van der Waals surface area contributed by atoms with E-state index in [0.717, 1.165) is 23.9 Å². The molecular weight excluding hydrogens is 297 g/mol. The van der Waals surface area contributed by atoms with Gasteiger partial charge in [0.2, 0.25) is 0 Å². The Hall–Kier alpha value is -0.710. The summed E-state index contributed by atoms with van der Waals surface area (Å²) in [6.07, 6.45) is -4.32. The lowest BCUT2D eigenvalue weighted by Gasteiger charge is -2.30. The van der Waals surface area contributed by atoms with E-state index < -0.39 is 11.6 Å². The van der Waals surface area contributed by atoms with Crippen molar-refractivity contribution in [1.82, 2.24) is 0 Å². The lowest BCUT2D eigenvalue weighted by molar-refractivity contribution is -0.180. The molecule has 0 spiro atoms. The van der Waals surface area contributed by atoms with Crippen molar-refractivity contribution < 1.29 is 17.9 Å². The van der Waals surface area contributed by atoms with Gasteiger partial charge in [-0.05, 0) is 32.4 Å². The zero-order valence-corrected chi connectivity index (χ0v) is 11.7. The van der Waals surface area contributed by atoms with Crippen molar-refractivity contribution in [1.29, 1.82) is 0 Å². The number of halogens is 4. The van der Waals surface area contributed by atoms with E-state index in [1.165, 1.54) is 13.2 Å². The van der Waals surface area contributed by atoms with Crippen LogP contribution in [0.2, 0.25) is 0 Å². The Labute approximate surface area is 107 Å². The second-order valence-electron chi connectivity index (χ2n) is 4.42. The number of hydrogen-bond acceptors (Lipinski definition) is 1. The minimum absolute atomic E-state index is 0.146. The first-order chi connectivity index (χ1) is 7.61. The van der Waals surface area contributed by atoms with Crippen LogP contribution >= 0.6 is 15.9 Å². The van der Waals surface area contributed by atoms with Gasteiger partial charge in [0, 0.05) is 10.0 Å². The zero-order chi connectivity index (χ0) is 13.4. The highest BCUT2D eigenvalue weighted by Gasteiger charge is 2.49. The number of benzene rings is 1. The number of hydrogen-bond donors (Lipinski definition) is 0. The molecule has 0 amide bonds. The van der Waals surface area contributed by atoms with Crippen molar-refractivity contribution in [3.63, 3.8) is 0 Å². The van der Waals surface area contributed by atoms with Gasteiger partial charge < -0.3 is 4.74 Å². The van der Waals surface area contributed by atoms with Gasteiger partial charge in [-0.25, -0.2) is 0 Å². The van der Waals surface area contributed by atoms with Gasteiger partial charge in [0.15, 0.2) is 0 Å². The first-order valence-electron chi connectivity index (χ1n) is 5.02. The van der Waals surface area contributed by atoms with E-state index >= 15 is 0 Å². The van der Waals surface area contributed by atoms with E-state index in [1.54, 1.807) is 13.0 Å². The van der Waals surface area contributed by atoms with Gasteiger partial charge >= 0.3 is 6.18 Å². The first-order valence-corrected chi connectivity index (χ1v) is 5.82. The third kappa shape index (κ3) is 2.59. The Balaban J connectivity index is 3.45. The van der Waals surface area contributed by atoms with E-state index in [4.69, 9.17) is 4.74 Å². The van der Waals surface area contributed by atoms with Crippen LogP contribution in [0.5, 0.6) is 5.75 Å². The summed E-state index contributed by atoms with van der Waals surface area (Å²) in [5.41, 5.74) is -1.05. The molecule has 5 heteroatoms. The molecule has 1 aromatic rings. The van der Waals surface area contributed by atoms with Crippen molar-refractivity contribution in [2.24, 2.45) is 0 Å². The number of methoxy groups -OCH3 is 1. The molecule has 0 aliphatic rings. The van der Waals surface area contributed by atoms with Gasteiger partial charge in [0.05, 0.1) is 12.5 Å². The molecule has 0 saturated heterocycles. The first kappa shape index (κ1) is 14.4. The van der Waals surface area contributed by atoms with Crippen molar-refractivity contribution in [3.05, 3.63) is 27.7 Å². The molecule has 0 radical (unpaired) electrons. The fraction of sp³-hybridized carbons (Fsp3) is 0.500. The van der Waals surface area contributed by atoms with Crippen LogP contribution in [-0.2, 0) is 5.41 Å². The maximum Gasteiger partial charge on any atom is 0.398 e. The smallest absolute Gasteiger partial charge is 0.398 e. The molecule has 1 nitrogen and oxygen atoms in total. The summed E-state index contributed by atoms with van der Waals surface area (Å²) < 4.78 is 44.8. The van der Waals surface area contributed by atoms with Crippen molar-refractivity contribution in [3.8, 4) is 5.75 Å². The highest BCUT2D eigenvalue weighted by Crippen LogP contribution is 2.45. The third-order valence-electron chi connectivity index (χ3n) is 2.86. The molecule has 0 N–H and O–H groups in total. The van der Waals surface area contributed by atoms with Gasteiger partial charge in [0.1, 0.15) is 5.75 Å². The fourth-order valence-corrected chi connectivity index (χ4v) is 1.80. The van der Waals surface area contributed by atoms with Gasteiger partial charge in [-0.3, -0.25) is 0 Å². The molecule has 96 valence electrons. The Bertz CT molecular complexity index is 424. The number of ether oxygens (including phenoxy) is 1. The Morgan fingerprint density at radius 2 is 1.71 bits per heavy atom. The van der Waals surface area contributed by atoms with Crippen LogP contribution in [-0.4, -0.2) is 13.3 Å². The fourth-order valence-electron chi connectivity index (χ4n) is 1.47. The average molecular weight is 311 g/mol. The summed E-state index contributed by atoms with van der Waals surface area (Å²) in [4.78, 5) is 0. The van der Waals surface area contributed by atoms with Gasteiger partial charge in [-0.2, -0.15) is 13.2 Å². The van der Waals surface area contributed by atoms with Crippen molar-refractivity contribution in [2.45, 2.75) is 32.4 Å². The maximum absolute atomic E-state index is 13.0. The van der Waals surface area contributed by atoms with Crippen LogP contribution < -0.4 is 4.74 Å². The molecule has 0 fully saturated rings. The van der Waals surface area contributed by atoms with Crippen LogP contribution in [0.4, 0.5) is 13.2 Å². The molecule has 1 rings (SSSR count). The summed E-state index contributed by atoms with van der Waals surface area (Å²) in [7, 11) is 1.37. The average Bonchev–Trinajstić information content (AvgIpc) is 2.19. The van der Waals surface area contributed by atoms with E-state index in [9.17, 15) is 13.2 Å². The highest BCUT2D eigenvalue weighted by molar-refractivity contribution is 9.10. The minimum atomic E-state index is -4.32.